The molecule has 0 fully saturated rings. The lowest BCUT2D eigenvalue weighted by Gasteiger charge is -2.19. The largest absolute Gasteiger partial charge is 0.443 e. The van der Waals surface area contributed by atoms with Crippen LogP contribution in [0.4, 0.5) is 14.9 Å². The second-order valence-corrected chi connectivity index (χ2v) is 7.78. The maximum atomic E-state index is 13.8. The number of carbonyl (C=O) groups is 1. The number of nitrogens with zero attached hydrogens (tertiary/aromatic N) is 2. The summed E-state index contributed by atoms with van der Waals surface area (Å²) in [5, 5.41) is 4.99. The zero-order chi connectivity index (χ0) is 20.5. The standard InChI is InChI=1S/C22H24FN3O2/c1-14-6-9-19(15(2)10-14)25-24-12-16-13-26(21(27)28-22(3,4)5)20-11-17(23)7-8-18(16)20/h6-13,25H,1-5H3/b24-12+. The number of halogens is 1. The molecule has 0 spiro atoms. The Labute approximate surface area is 163 Å². The van der Waals surface area contributed by atoms with Crippen LogP contribution in [0.2, 0.25) is 0 Å². The maximum absolute atomic E-state index is 13.8. The fourth-order valence-electron chi connectivity index (χ4n) is 2.90. The van der Waals surface area contributed by atoms with Gasteiger partial charge in [0.2, 0.25) is 0 Å². The number of hydrazone groups is 1. The monoisotopic (exact) mass is 381 g/mol. The topological polar surface area (TPSA) is 55.6 Å². The van der Waals surface area contributed by atoms with Gasteiger partial charge in [0.15, 0.2) is 0 Å². The van der Waals surface area contributed by atoms with Crippen molar-refractivity contribution in [2.45, 2.75) is 40.2 Å². The van der Waals surface area contributed by atoms with Crippen LogP contribution in [0.3, 0.4) is 0 Å². The van der Waals surface area contributed by atoms with E-state index in [0.717, 1.165) is 11.3 Å². The van der Waals surface area contributed by atoms with E-state index in [-0.39, 0.29) is 0 Å². The number of aromatic nitrogens is 1. The summed E-state index contributed by atoms with van der Waals surface area (Å²) in [6.45, 7) is 9.39. The number of carbonyl (C=O) groups excluding carboxylic acids is 1. The summed E-state index contributed by atoms with van der Waals surface area (Å²) in [7, 11) is 0. The summed E-state index contributed by atoms with van der Waals surface area (Å²) in [5.41, 5.74) is 6.62. The number of anilines is 1. The second-order valence-electron chi connectivity index (χ2n) is 7.78. The van der Waals surface area contributed by atoms with Gasteiger partial charge in [0.25, 0.3) is 0 Å². The van der Waals surface area contributed by atoms with E-state index in [1.165, 1.54) is 22.3 Å². The van der Waals surface area contributed by atoms with Crippen LogP contribution < -0.4 is 5.43 Å². The first-order valence-electron chi connectivity index (χ1n) is 9.04. The van der Waals surface area contributed by atoms with Crippen LogP contribution in [0.15, 0.2) is 47.7 Å². The Bertz CT molecular complexity index is 1060. The third-order valence-electron chi connectivity index (χ3n) is 4.16. The lowest BCUT2D eigenvalue weighted by atomic mass is 10.1. The summed E-state index contributed by atoms with van der Waals surface area (Å²) in [6, 6.07) is 10.3. The van der Waals surface area contributed by atoms with Gasteiger partial charge in [0.05, 0.1) is 17.4 Å². The molecule has 1 N–H and O–H groups in total. The molecule has 0 bridgehead atoms. The molecule has 2 aromatic carbocycles. The highest BCUT2D eigenvalue weighted by atomic mass is 19.1. The Balaban J connectivity index is 1.94. The van der Waals surface area contributed by atoms with Gasteiger partial charge in [0, 0.05) is 17.1 Å². The first kappa shape index (κ1) is 19.6. The summed E-state index contributed by atoms with van der Waals surface area (Å²) in [5.74, 6) is -0.424. The molecule has 6 heteroatoms. The van der Waals surface area contributed by atoms with Crippen LogP contribution in [-0.2, 0) is 4.74 Å². The Morgan fingerprint density at radius 2 is 1.93 bits per heavy atom. The average molecular weight is 381 g/mol. The minimum Gasteiger partial charge on any atom is -0.443 e. The lowest BCUT2D eigenvalue weighted by Crippen LogP contribution is -2.26. The first-order valence-corrected chi connectivity index (χ1v) is 9.04. The smallest absolute Gasteiger partial charge is 0.419 e. The van der Waals surface area contributed by atoms with Gasteiger partial charge in [-0.15, -0.1) is 0 Å². The molecule has 0 aliphatic heterocycles. The van der Waals surface area contributed by atoms with E-state index in [9.17, 15) is 9.18 Å². The van der Waals surface area contributed by atoms with Gasteiger partial charge in [-0.2, -0.15) is 5.10 Å². The number of rotatable bonds is 3. The molecule has 0 amide bonds. The first-order chi connectivity index (χ1) is 13.1. The Morgan fingerprint density at radius 1 is 1.18 bits per heavy atom. The van der Waals surface area contributed by atoms with E-state index in [4.69, 9.17) is 4.74 Å². The van der Waals surface area contributed by atoms with Gasteiger partial charge < -0.3 is 4.74 Å². The van der Waals surface area contributed by atoms with Gasteiger partial charge >= 0.3 is 6.09 Å². The Morgan fingerprint density at radius 3 is 2.61 bits per heavy atom. The zero-order valence-electron chi connectivity index (χ0n) is 16.7. The van der Waals surface area contributed by atoms with Crippen LogP contribution in [0, 0.1) is 19.7 Å². The molecule has 1 heterocycles. The molecule has 0 radical (unpaired) electrons. The third kappa shape index (κ3) is 4.39. The predicted molar refractivity (Wildman–Crippen MR) is 111 cm³/mol. The van der Waals surface area contributed by atoms with Crippen molar-refractivity contribution in [2.75, 3.05) is 5.43 Å². The molecular formula is C22H24FN3O2. The minimum absolute atomic E-state index is 0.424. The van der Waals surface area contributed by atoms with E-state index in [2.05, 4.69) is 16.6 Å². The number of aryl methyl sites for hydroxylation is 2. The van der Waals surface area contributed by atoms with Crippen LogP contribution in [0.1, 0.15) is 37.5 Å². The van der Waals surface area contributed by atoms with Crippen molar-refractivity contribution in [3.8, 4) is 0 Å². The molecule has 0 atom stereocenters. The summed E-state index contributed by atoms with van der Waals surface area (Å²) in [6.07, 6.45) is 2.65. The number of benzene rings is 2. The van der Waals surface area contributed by atoms with E-state index >= 15 is 0 Å². The molecule has 146 valence electrons. The molecule has 0 aliphatic carbocycles. The maximum Gasteiger partial charge on any atom is 0.419 e. The van der Waals surface area contributed by atoms with Crippen molar-refractivity contribution in [3.63, 3.8) is 0 Å². The quantitative estimate of drug-likeness (QED) is 0.473. The van der Waals surface area contributed by atoms with Crippen LogP contribution in [-0.4, -0.2) is 22.5 Å². The number of hydrogen-bond acceptors (Lipinski definition) is 4. The summed E-state index contributed by atoms with van der Waals surface area (Å²) >= 11 is 0. The number of ether oxygens (including phenoxy) is 1. The minimum atomic E-state index is -0.653. The number of fused-ring (bicyclic) bond motifs is 1. The third-order valence-corrected chi connectivity index (χ3v) is 4.16. The van der Waals surface area contributed by atoms with Crippen LogP contribution >= 0.6 is 0 Å². The highest BCUT2D eigenvalue weighted by Gasteiger charge is 2.20. The fraction of sp³-hybridized carbons (Fsp3) is 0.273. The predicted octanol–water partition coefficient (Wildman–Crippen LogP) is 5.63. The average Bonchev–Trinajstić information content (AvgIpc) is 2.93. The molecule has 3 aromatic rings. The van der Waals surface area contributed by atoms with Gasteiger partial charge in [-0.05, 0) is 64.4 Å². The highest BCUT2D eigenvalue weighted by molar-refractivity contribution is 6.02. The van der Waals surface area contributed by atoms with Crippen LogP contribution in [0.25, 0.3) is 10.9 Å². The zero-order valence-corrected chi connectivity index (χ0v) is 16.7. The van der Waals surface area contributed by atoms with Crippen molar-refractivity contribution >= 4 is 28.9 Å². The fourth-order valence-corrected chi connectivity index (χ4v) is 2.90. The number of hydrogen-bond donors (Lipinski definition) is 1. The van der Waals surface area contributed by atoms with Crippen molar-refractivity contribution in [1.82, 2.24) is 4.57 Å². The van der Waals surface area contributed by atoms with E-state index in [1.807, 2.05) is 26.0 Å². The SMILES string of the molecule is Cc1ccc(N/N=C/c2cn(C(=O)OC(C)(C)C)c3cc(F)ccc23)c(C)c1. The molecule has 0 aliphatic rings. The van der Waals surface area contributed by atoms with Gasteiger partial charge in [-0.3, -0.25) is 9.99 Å². The summed E-state index contributed by atoms with van der Waals surface area (Å²) < 4.78 is 20.5. The van der Waals surface area contributed by atoms with E-state index in [1.54, 1.807) is 39.2 Å². The second kappa shape index (κ2) is 7.46. The normalized spacial score (nSPS) is 11.9. The Kier molecular flexibility index (Phi) is 5.23. The molecular weight excluding hydrogens is 357 g/mol. The molecule has 0 saturated carbocycles. The highest BCUT2D eigenvalue weighted by Crippen LogP contribution is 2.23. The van der Waals surface area contributed by atoms with E-state index in [0.29, 0.717) is 16.5 Å². The molecule has 1 aromatic heterocycles. The van der Waals surface area contributed by atoms with Crippen LogP contribution in [0.5, 0.6) is 0 Å². The van der Waals surface area contributed by atoms with Crippen molar-refractivity contribution in [1.29, 1.82) is 0 Å². The molecule has 0 saturated heterocycles. The molecule has 0 unspecified atom stereocenters. The van der Waals surface area contributed by atoms with Crippen molar-refractivity contribution < 1.29 is 13.9 Å². The molecule has 3 rings (SSSR count). The van der Waals surface area contributed by atoms with Gasteiger partial charge in [0.1, 0.15) is 11.4 Å². The summed E-state index contributed by atoms with van der Waals surface area (Å²) in [4.78, 5) is 12.5. The van der Waals surface area contributed by atoms with Crippen molar-refractivity contribution in [2.24, 2.45) is 5.10 Å². The molecule has 5 nitrogen and oxygen atoms in total. The van der Waals surface area contributed by atoms with Gasteiger partial charge in [-0.25, -0.2) is 9.18 Å². The van der Waals surface area contributed by atoms with E-state index < -0.39 is 17.5 Å². The molecule has 28 heavy (non-hydrogen) atoms. The number of nitrogens with one attached hydrogen (secondary N) is 1. The van der Waals surface area contributed by atoms with Gasteiger partial charge in [-0.1, -0.05) is 17.7 Å². The van der Waals surface area contributed by atoms with Crippen molar-refractivity contribution in [3.05, 3.63) is 65.1 Å². The lowest BCUT2D eigenvalue weighted by molar-refractivity contribution is 0.0544. The Hall–Kier alpha value is -3.15.